The van der Waals surface area contributed by atoms with E-state index < -0.39 is 0 Å². The molecule has 2 heterocycles. The van der Waals surface area contributed by atoms with Gasteiger partial charge in [-0.15, -0.1) is 0 Å². The van der Waals surface area contributed by atoms with Crippen molar-refractivity contribution in [2.75, 3.05) is 26.2 Å². The fraction of sp³-hybridized carbons (Fsp3) is 0.714. The lowest BCUT2D eigenvalue weighted by molar-refractivity contribution is 0.0920. The van der Waals surface area contributed by atoms with Crippen LogP contribution in [0.25, 0.3) is 0 Å². The molecule has 104 valence electrons. The molecule has 1 aromatic rings. The van der Waals surface area contributed by atoms with Crippen LogP contribution < -0.4 is 0 Å². The normalized spacial score (nSPS) is 19.6. The number of hydrogen-bond donors (Lipinski definition) is 0. The lowest BCUT2D eigenvalue weighted by Crippen LogP contribution is -2.49. The molecule has 0 N–H and O–H groups in total. The van der Waals surface area contributed by atoms with Gasteiger partial charge in [-0.3, -0.25) is 9.80 Å². The summed E-state index contributed by atoms with van der Waals surface area (Å²) in [7, 11) is 1.97. The summed E-state index contributed by atoms with van der Waals surface area (Å²) in [6.07, 6.45) is 1.79. The van der Waals surface area contributed by atoms with Gasteiger partial charge in [0.2, 0.25) is 0 Å². The largest absolute Gasteiger partial charge is 0.338 e. The Bertz CT molecular complexity index is 463. The molecule has 0 radical (unpaired) electrons. The molecule has 1 saturated heterocycles. The Hall–Kier alpha value is -1.38. The number of aromatic nitrogens is 2. The van der Waals surface area contributed by atoms with Gasteiger partial charge in [0, 0.05) is 45.0 Å². The van der Waals surface area contributed by atoms with Crippen molar-refractivity contribution in [2.45, 2.75) is 32.9 Å². The Balaban J connectivity index is 2.09. The zero-order valence-electron chi connectivity index (χ0n) is 12.3. The van der Waals surface area contributed by atoms with E-state index in [1.807, 2.05) is 18.5 Å². The summed E-state index contributed by atoms with van der Waals surface area (Å²) in [5.41, 5.74) is 1.99. The van der Waals surface area contributed by atoms with Crippen LogP contribution in [0.15, 0.2) is 6.33 Å². The second kappa shape index (κ2) is 5.72. The van der Waals surface area contributed by atoms with Gasteiger partial charge in [-0.2, -0.15) is 5.26 Å². The molecule has 1 fully saturated rings. The van der Waals surface area contributed by atoms with Crippen LogP contribution in [-0.4, -0.2) is 51.6 Å². The van der Waals surface area contributed by atoms with Crippen molar-refractivity contribution < 1.29 is 0 Å². The molecule has 5 heteroatoms. The van der Waals surface area contributed by atoms with Gasteiger partial charge in [-0.05, 0) is 20.8 Å². The van der Waals surface area contributed by atoms with Crippen LogP contribution >= 0.6 is 0 Å². The number of hydrogen-bond acceptors (Lipinski definition) is 4. The first-order valence-electron chi connectivity index (χ1n) is 6.90. The molecule has 0 spiro atoms. The minimum atomic E-state index is -0.212. The van der Waals surface area contributed by atoms with Crippen molar-refractivity contribution in [1.29, 1.82) is 5.26 Å². The monoisotopic (exact) mass is 261 g/mol. The smallest absolute Gasteiger partial charge is 0.142 e. The average molecular weight is 261 g/mol. The second-order valence-electron chi connectivity index (χ2n) is 5.52. The Kier molecular flexibility index (Phi) is 4.23. The lowest BCUT2D eigenvalue weighted by atomic mass is 10.1. The molecule has 0 aromatic carbocycles. The van der Waals surface area contributed by atoms with Crippen LogP contribution in [0.4, 0.5) is 0 Å². The molecule has 1 aromatic heterocycles. The molecule has 1 atom stereocenters. The zero-order valence-corrected chi connectivity index (χ0v) is 12.3. The third kappa shape index (κ3) is 2.80. The number of rotatable bonds is 3. The van der Waals surface area contributed by atoms with Gasteiger partial charge >= 0.3 is 0 Å². The van der Waals surface area contributed by atoms with E-state index in [4.69, 9.17) is 0 Å². The van der Waals surface area contributed by atoms with Crippen LogP contribution in [-0.2, 0) is 7.05 Å². The van der Waals surface area contributed by atoms with Gasteiger partial charge < -0.3 is 4.57 Å². The van der Waals surface area contributed by atoms with Gasteiger partial charge in [-0.1, -0.05) is 0 Å². The van der Waals surface area contributed by atoms with Crippen molar-refractivity contribution in [3.8, 4) is 6.07 Å². The minimum absolute atomic E-state index is 0.212. The minimum Gasteiger partial charge on any atom is -0.338 e. The van der Waals surface area contributed by atoms with E-state index in [0.29, 0.717) is 6.04 Å². The van der Waals surface area contributed by atoms with Crippen LogP contribution in [0, 0.1) is 18.3 Å². The second-order valence-corrected chi connectivity index (χ2v) is 5.52. The number of aryl methyl sites for hydroxylation is 1. The molecule has 0 amide bonds. The Morgan fingerprint density at radius 1 is 1.21 bits per heavy atom. The number of imidazole rings is 1. The van der Waals surface area contributed by atoms with Crippen LogP contribution in [0.3, 0.4) is 0 Å². The number of piperazine rings is 1. The predicted molar refractivity (Wildman–Crippen MR) is 74.6 cm³/mol. The summed E-state index contributed by atoms with van der Waals surface area (Å²) >= 11 is 0. The molecule has 0 saturated carbocycles. The lowest BCUT2D eigenvalue weighted by Gasteiger charge is -2.38. The first-order chi connectivity index (χ1) is 9.04. The van der Waals surface area contributed by atoms with Gasteiger partial charge in [0.15, 0.2) is 0 Å². The molecule has 5 nitrogen and oxygen atoms in total. The standard InChI is InChI=1S/C14H23N5/c1-11(2)18-5-7-19(8-6-18)13(9-15)14-12(3)17(4)10-16-14/h10-11,13H,5-8H2,1-4H3. The van der Waals surface area contributed by atoms with E-state index in [9.17, 15) is 5.26 Å². The Labute approximate surface area is 115 Å². The molecule has 1 aliphatic heterocycles. The van der Waals surface area contributed by atoms with Crippen molar-refractivity contribution in [1.82, 2.24) is 19.4 Å². The molecule has 19 heavy (non-hydrogen) atoms. The summed E-state index contributed by atoms with van der Waals surface area (Å²) in [6.45, 7) is 10.4. The third-order valence-electron chi connectivity index (χ3n) is 4.10. The van der Waals surface area contributed by atoms with Gasteiger partial charge in [0.1, 0.15) is 6.04 Å². The topological polar surface area (TPSA) is 48.1 Å². The summed E-state index contributed by atoms with van der Waals surface area (Å²) in [5.74, 6) is 0. The van der Waals surface area contributed by atoms with Crippen molar-refractivity contribution >= 4 is 0 Å². The van der Waals surface area contributed by atoms with Crippen molar-refractivity contribution in [3.05, 3.63) is 17.7 Å². The molecule has 1 aliphatic rings. The Morgan fingerprint density at radius 2 is 1.79 bits per heavy atom. The van der Waals surface area contributed by atoms with E-state index in [2.05, 4.69) is 34.7 Å². The summed E-state index contributed by atoms with van der Waals surface area (Å²) in [6, 6.07) is 2.79. The van der Waals surface area contributed by atoms with Crippen LogP contribution in [0.5, 0.6) is 0 Å². The highest BCUT2D eigenvalue weighted by molar-refractivity contribution is 5.21. The highest BCUT2D eigenvalue weighted by atomic mass is 15.3. The van der Waals surface area contributed by atoms with Gasteiger partial charge in [0.05, 0.1) is 18.1 Å². The number of nitrogens with zero attached hydrogens (tertiary/aromatic N) is 5. The average Bonchev–Trinajstić information content (AvgIpc) is 2.73. The fourth-order valence-corrected chi connectivity index (χ4v) is 2.61. The van der Waals surface area contributed by atoms with Crippen LogP contribution in [0.1, 0.15) is 31.3 Å². The highest BCUT2D eigenvalue weighted by Crippen LogP contribution is 2.23. The molecular weight excluding hydrogens is 238 g/mol. The highest BCUT2D eigenvalue weighted by Gasteiger charge is 2.28. The Morgan fingerprint density at radius 3 is 2.21 bits per heavy atom. The maximum atomic E-state index is 9.49. The molecule has 2 rings (SSSR count). The number of nitriles is 1. The van der Waals surface area contributed by atoms with E-state index in [1.54, 1.807) is 6.33 Å². The maximum Gasteiger partial charge on any atom is 0.142 e. The SMILES string of the molecule is Cc1c(C(C#N)N2CCN(C(C)C)CC2)ncn1C. The molecule has 1 unspecified atom stereocenters. The molecular formula is C14H23N5. The van der Waals surface area contributed by atoms with E-state index in [-0.39, 0.29) is 6.04 Å². The van der Waals surface area contributed by atoms with Crippen molar-refractivity contribution in [3.63, 3.8) is 0 Å². The van der Waals surface area contributed by atoms with E-state index in [1.165, 1.54) is 0 Å². The quantitative estimate of drug-likeness (QED) is 0.823. The van der Waals surface area contributed by atoms with E-state index in [0.717, 1.165) is 37.6 Å². The van der Waals surface area contributed by atoms with E-state index >= 15 is 0 Å². The fourth-order valence-electron chi connectivity index (χ4n) is 2.61. The van der Waals surface area contributed by atoms with Gasteiger partial charge in [-0.25, -0.2) is 4.98 Å². The first kappa shape index (κ1) is 14.0. The summed E-state index contributed by atoms with van der Waals surface area (Å²) < 4.78 is 1.98. The third-order valence-corrected chi connectivity index (χ3v) is 4.10. The predicted octanol–water partition coefficient (Wildman–Crippen LogP) is 1.32. The van der Waals surface area contributed by atoms with Gasteiger partial charge in [0.25, 0.3) is 0 Å². The summed E-state index contributed by atoms with van der Waals surface area (Å²) in [5, 5.41) is 9.49. The molecule has 0 bridgehead atoms. The van der Waals surface area contributed by atoms with Crippen molar-refractivity contribution in [2.24, 2.45) is 7.05 Å². The zero-order chi connectivity index (χ0) is 14.0. The first-order valence-corrected chi connectivity index (χ1v) is 6.90. The maximum absolute atomic E-state index is 9.49. The van der Waals surface area contributed by atoms with Crippen LogP contribution in [0.2, 0.25) is 0 Å². The summed E-state index contributed by atoms with van der Waals surface area (Å²) in [4.78, 5) is 9.10. The molecule has 0 aliphatic carbocycles.